The lowest BCUT2D eigenvalue weighted by atomic mass is 10.1. The van der Waals surface area contributed by atoms with Crippen LogP contribution >= 0.6 is 0 Å². The standard InChI is InChI=1S/C15H17N7O3/c16-12(23)6-13-17-15(10-2-1-3-11-14(10)19-21-18-11)22(20-13)7-9-8-24-4-5-25-9/h1-3,9H,4-8H2,(H2,16,23)(H,18,19,21). The smallest absolute Gasteiger partial charge is 0.225 e. The number of fused-ring (bicyclic) bond motifs is 1. The number of hydrogen-bond donors (Lipinski definition) is 2. The van der Waals surface area contributed by atoms with E-state index in [0.717, 1.165) is 11.1 Å². The second-order valence-electron chi connectivity index (χ2n) is 5.74. The summed E-state index contributed by atoms with van der Waals surface area (Å²) in [6, 6.07) is 5.61. The van der Waals surface area contributed by atoms with Crippen LogP contribution < -0.4 is 5.73 Å². The van der Waals surface area contributed by atoms with Crippen molar-refractivity contribution < 1.29 is 14.3 Å². The van der Waals surface area contributed by atoms with E-state index in [0.29, 0.717) is 43.5 Å². The zero-order valence-electron chi connectivity index (χ0n) is 13.4. The topological polar surface area (TPSA) is 134 Å². The Hall–Kier alpha value is -2.85. The molecule has 3 heterocycles. The number of nitrogens with two attached hydrogens (primary N) is 1. The van der Waals surface area contributed by atoms with E-state index < -0.39 is 5.91 Å². The van der Waals surface area contributed by atoms with Gasteiger partial charge < -0.3 is 15.2 Å². The van der Waals surface area contributed by atoms with Crippen molar-refractivity contribution in [1.82, 2.24) is 30.2 Å². The highest BCUT2D eigenvalue weighted by atomic mass is 16.6. The molecule has 130 valence electrons. The summed E-state index contributed by atoms with van der Waals surface area (Å²) in [6.07, 6.45) is -0.163. The minimum absolute atomic E-state index is 0.0309. The molecule has 2 aromatic heterocycles. The fraction of sp³-hybridized carbons (Fsp3) is 0.400. The molecule has 25 heavy (non-hydrogen) atoms. The van der Waals surface area contributed by atoms with Gasteiger partial charge in [-0.15, -0.1) is 0 Å². The van der Waals surface area contributed by atoms with E-state index >= 15 is 0 Å². The van der Waals surface area contributed by atoms with Gasteiger partial charge >= 0.3 is 0 Å². The molecule has 0 aliphatic carbocycles. The largest absolute Gasteiger partial charge is 0.376 e. The van der Waals surface area contributed by atoms with Gasteiger partial charge in [0.1, 0.15) is 17.1 Å². The molecular formula is C15H17N7O3. The summed E-state index contributed by atoms with van der Waals surface area (Å²) < 4.78 is 12.8. The Kier molecular flexibility index (Phi) is 4.12. The van der Waals surface area contributed by atoms with Crippen molar-refractivity contribution in [3.05, 3.63) is 24.0 Å². The summed E-state index contributed by atoms with van der Waals surface area (Å²) in [6.45, 7) is 2.07. The fourth-order valence-electron chi connectivity index (χ4n) is 2.83. The number of carbonyl (C=O) groups is 1. The molecule has 0 radical (unpaired) electrons. The summed E-state index contributed by atoms with van der Waals surface area (Å²) in [5.74, 6) is 0.463. The normalized spacial score (nSPS) is 17.8. The van der Waals surface area contributed by atoms with Crippen LogP contribution in [0.1, 0.15) is 5.82 Å². The molecule has 1 aliphatic rings. The maximum atomic E-state index is 11.2. The van der Waals surface area contributed by atoms with Gasteiger partial charge in [0.05, 0.1) is 32.8 Å². The zero-order chi connectivity index (χ0) is 17.2. The van der Waals surface area contributed by atoms with E-state index in [1.54, 1.807) is 4.68 Å². The number of nitrogens with zero attached hydrogens (tertiary/aromatic N) is 5. The van der Waals surface area contributed by atoms with Gasteiger partial charge in [-0.25, -0.2) is 9.67 Å². The number of primary amides is 1. The van der Waals surface area contributed by atoms with Crippen LogP contribution in [0.5, 0.6) is 0 Å². The first kappa shape index (κ1) is 15.7. The Morgan fingerprint density at radius 1 is 1.36 bits per heavy atom. The summed E-state index contributed by atoms with van der Waals surface area (Å²) in [5, 5.41) is 15.3. The Labute approximate surface area is 142 Å². The van der Waals surface area contributed by atoms with Crippen LogP contribution in [0, 0.1) is 0 Å². The van der Waals surface area contributed by atoms with Gasteiger partial charge in [-0.3, -0.25) is 4.79 Å². The maximum Gasteiger partial charge on any atom is 0.225 e. The Morgan fingerprint density at radius 2 is 2.28 bits per heavy atom. The number of carbonyl (C=O) groups excluding carboxylic acids is 1. The van der Waals surface area contributed by atoms with Crippen LogP contribution in [0.3, 0.4) is 0 Å². The molecule has 1 fully saturated rings. The second kappa shape index (κ2) is 6.57. The maximum absolute atomic E-state index is 11.2. The first-order chi connectivity index (χ1) is 12.2. The first-order valence-corrected chi connectivity index (χ1v) is 7.92. The molecule has 1 amide bonds. The predicted octanol–water partition coefficient (Wildman–Crippen LogP) is -0.340. The molecular weight excluding hydrogens is 326 g/mol. The van der Waals surface area contributed by atoms with Crippen LogP contribution in [0.2, 0.25) is 0 Å². The van der Waals surface area contributed by atoms with Gasteiger partial charge in [-0.05, 0) is 12.1 Å². The van der Waals surface area contributed by atoms with Crippen molar-refractivity contribution in [2.45, 2.75) is 19.1 Å². The molecule has 1 aliphatic heterocycles. The molecule has 3 aromatic rings. The molecule has 1 aromatic carbocycles. The van der Waals surface area contributed by atoms with Gasteiger partial charge in [0.15, 0.2) is 11.6 Å². The van der Waals surface area contributed by atoms with Crippen molar-refractivity contribution in [3.63, 3.8) is 0 Å². The van der Waals surface area contributed by atoms with Gasteiger partial charge in [0, 0.05) is 5.56 Å². The number of amides is 1. The van der Waals surface area contributed by atoms with E-state index in [-0.39, 0.29) is 12.5 Å². The molecule has 10 heteroatoms. The average Bonchev–Trinajstić information content (AvgIpc) is 3.22. The van der Waals surface area contributed by atoms with Crippen molar-refractivity contribution in [3.8, 4) is 11.4 Å². The van der Waals surface area contributed by atoms with E-state index in [1.807, 2.05) is 18.2 Å². The molecule has 0 spiro atoms. The number of benzene rings is 1. The average molecular weight is 343 g/mol. The molecule has 1 atom stereocenters. The highest BCUT2D eigenvalue weighted by Crippen LogP contribution is 2.25. The van der Waals surface area contributed by atoms with Gasteiger partial charge in [0.25, 0.3) is 0 Å². The minimum Gasteiger partial charge on any atom is -0.376 e. The quantitative estimate of drug-likeness (QED) is 0.647. The SMILES string of the molecule is NC(=O)Cc1nc(-c2cccc3n[nH]nc23)n(CC2COCCO2)n1. The fourth-order valence-corrected chi connectivity index (χ4v) is 2.83. The molecule has 4 rings (SSSR count). The first-order valence-electron chi connectivity index (χ1n) is 7.92. The zero-order valence-corrected chi connectivity index (χ0v) is 13.4. The molecule has 1 saturated heterocycles. The van der Waals surface area contributed by atoms with Gasteiger partial charge in [-0.2, -0.15) is 20.5 Å². The number of aromatic amines is 1. The van der Waals surface area contributed by atoms with Crippen LogP contribution in [-0.4, -0.2) is 62.0 Å². The summed E-state index contributed by atoms with van der Waals surface area (Å²) in [4.78, 5) is 15.7. The monoisotopic (exact) mass is 343 g/mol. The number of para-hydroxylation sites is 1. The van der Waals surface area contributed by atoms with Crippen LogP contribution in [-0.2, 0) is 27.2 Å². The van der Waals surface area contributed by atoms with Gasteiger partial charge in [0.2, 0.25) is 5.91 Å². The molecule has 3 N–H and O–H groups in total. The van der Waals surface area contributed by atoms with Gasteiger partial charge in [-0.1, -0.05) is 6.07 Å². The van der Waals surface area contributed by atoms with Crippen LogP contribution in [0.15, 0.2) is 18.2 Å². The van der Waals surface area contributed by atoms with E-state index in [4.69, 9.17) is 15.2 Å². The summed E-state index contributed by atoms with van der Waals surface area (Å²) in [7, 11) is 0. The van der Waals surface area contributed by atoms with Crippen molar-refractivity contribution in [2.75, 3.05) is 19.8 Å². The third kappa shape index (κ3) is 3.21. The highest BCUT2D eigenvalue weighted by Gasteiger charge is 2.21. The molecule has 0 bridgehead atoms. The number of H-pyrrole nitrogens is 1. The van der Waals surface area contributed by atoms with Crippen molar-refractivity contribution in [1.29, 1.82) is 0 Å². The number of ether oxygens (including phenoxy) is 2. The Balaban J connectivity index is 1.75. The highest BCUT2D eigenvalue weighted by molar-refractivity contribution is 5.89. The predicted molar refractivity (Wildman–Crippen MR) is 86.4 cm³/mol. The lowest BCUT2D eigenvalue weighted by Gasteiger charge is -2.23. The van der Waals surface area contributed by atoms with E-state index in [9.17, 15) is 4.79 Å². The van der Waals surface area contributed by atoms with Crippen LogP contribution in [0.4, 0.5) is 0 Å². The van der Waals surface area contributed by atoms with Crippen molar-refractivity contribution in [2.24, 2.45) is 5.73 Å². The summed E-state index contributed by atoms with van der Waals surface area (Å²) in [5.41, 5.74) is 7.46. The second-order valence-corrected chi connectivity index (χ2v) is 5.74. The molecule has 0 saturated carbocycles. The molecule has 1 unspecified atom stereocenters. The Bertz CT molecular complexity index is 898. The minimum atomic E-state index is -0.486. The molecule has 10 nitrogen and oxygen atoms in total. The number of aromatic nitrogens is 6. The van der Waals surface area contributed by atoms with E-state index in [2.05, 4.69) is 25.5 Å². The third-order valence-electron chi connectivity index (χ3n) is 3.90. The summed E-state index contributed by atoms with van der Waals surface area (Å²) >= 11 is 0. The Morgan fingerprint density at radius 3 is 3.08 bits per heavy atom. The van der Waals surface area contributed by atoms with E-state index in [1.165, 1.54) is 0 Å². The lowest BCUT2D eigenvalue weighted by molar-refractivity contribution is -0.117. The number of nitrogens with one attached hydrogen (secondary N) is 1. The number of hydrogen-bond acceptors (Lipinski definition) is 7. The third-order valence-corrected chi connectivity index (χ3v) is 3.90. The van der Waals surface area contributed by atoms with Crippen molar-refractivity contribution >= 4 is 16.9 Å². The lowest BCUT2D eigenvalue weighted by Crippen LogP contribution is -2.32. The van der Waals surface area contributed by atoms with Crippen LogP contribution in [0.25, 0.3) is 22.4 Å². The number of rotatable bonds is 5.